The average Bonchev–Trinajstić information content (AvgIpc) is 2.36. The van der Waals surface area contributed by atoms with Crippen molar-refractivity contribution in [2.24, 2.45) is 5.92 Å². The first-order chi connectivity index (χ1) is 9.05. The molecule has 0 radical (unpaired) electrons. The van der Waals surface area contributed by atoms with E-state index in [-0.39, 0.29) is 12.0 Å². The lowest BCUT2D eigenvalue weighted by molar-refractivity contribution is -0.159. The highest BCUT2D eigenvalue weighted by atomic mass is 32.1. The van der Waals surface area contributed by atoms with Crippen molar-refractivity contribution in [3.8, 4) is 5.75 Å². The smallest absolute Gasteiger partial charge is 0.317 e. The van der Waals surface area contributed by atoms with Crippen LogP contribution in [0.5, 0.6) is 5.75 Å². The van der Waals surface area contributed by atoms with Gasteiger partial charge in [0.15, 0.2) is 10.8 Å². The molecule has 5 nitrogen and oxygen atoms in total. The first kappa shape index (κ1) is 12.2. The van der Waals surface area contributed by atoms with Gasteiger partial charge in [-0.15, -0.1) is 0 Å². The van der Waals surface area contributed by atoms with Crippen molar-refractivity contribution < 1.29 is 14.3 Å². The topological polar surface area (TPSA) is 59.6 Å². The second-order valence-electron chi connectivity index (χ2n) is 4.82. The maximum atomic E-state index is 12.1. The summed E-state index contributed by atoms with van der Waals surface area (Å²) < 4.78 is 10.9. The van der Waals surface area contributed by atoms with Crippen LogP contribution in [0.2, 0.25) is 0 Å². The first-order valence-corrected chi connectivity index (χ1v) is 6.40. The predicted molar refractivity (Wildman–Crippen MR) is 72.6 cm³/mol. The zero-order valence-corrected chi connectivity index (χ0v) is 11.4. The van der Waals surface area contributed by atoms with E-state index in [0.717, 1.165) is 11.3 Å². The summed E-state index contributed by atoms with van der Waals surface area (Å²) in [7, 11) is 1.38. The number of fused-ring (bicyclic) bond motifs is 4. The minimum Gasteiger partial charge on any atom is -0.469 e. The van der Waals surface area contributed by atoms with Gasteiger partial charge >= 0.3 is 5.97 Å². The molecule has 2 bridgehead atoms. The summed E-state index contributed by atoms with van der Waals surface area (Å²) in [5.41, 5.74) is 0.0216. The number of rotatable bonds is 1. The van der Waals surface area contributed by atoms with E-state index < -0.39 is 11.6 Å². The summed E-state index contributed by atoms with van der Waals surface area (Å²) in [4.78, 5) is 12.1. The molecule has 3 rings (SSSR count). The lowest BCUT2D eigenvalue weighted by Gasteiger charge is -2.49. The van der Waals surface area contributed by atoms with Crippen LogP contribution in [0, 0.1) is 5.92 Å². The van der Waals surface area contributed by atoms with Crippen LogP contribution in [-0.2, 0) is 9.53 Å². The summed E-state index contributed by atoms with van der Waals surface area (Å²) >= 11 is 5.18. The summed E-state index contributed by atoms with van der Waals surface area (Å²) in [5, 5.41) is 6.64. The van der Waals surface area contributed by atoms with Gasteiger partial charge in [-0.3, -0.25) is 4.79 Å². The van der Waals surface area contributed by atoms with Gasteiger partial charge in [-0.25, -0.2) is 0 Å². The maximum absolute atomic E-state index is 12.1. The fourth-order valence-electron chi connectivity index (χ4n) is 2.77. The average molecular weight is 278 g/mol. The molecule has 0 aromatic heterocycles. The van der Waals surface area contributed by atoms with Gasteiger partial charge in [-0.2, -0.15) is 0 Å². The zero-order chi connectivity index (χ0) is 13.6. The summed E-state index contributed by atoms with van der Waals surface area (Å²) in [6, 6.07) is 7.37. The lowest BCUT2D eigenvalue weighted by Crippen LogP contribution is -2.69. The SMILES string of the molecule is COC(=O)[C@H]1[C@@H]2NC(=S)N[C@@]1(C)Oc1ccccc12. The van der Waals surface area contributed by atoms with E-state index in [1.165, 1.54) is 7.11 Å². The van der Waals surface area contributed by atoms with Gasteiger partial charge in [0, 0.05) is 5.56 Å². The number of hydrogen-bond donors (Lipinski definition) is 2. The molecule has 2 aliphatic heterocycles. The molecule has 6 heteroatoms. The Bertz CT molecular complexity index is 563. The van der Waals surface area contributed by atoms with E-state index in [4.69, 9.17) is 21.7 Å². The quantitative estimate of drug-likeness (QED) is 0.593. The van der Waals surface area contributed by atoms with Crippen LogP contribution in [0.4, 0.5) is 0 Å². The van der Waals surface area contributed by atoms with E-state index in [0.29, 0.717) is 5.11 Å². The fraction of sp³-hybridized carbons (Fsp3) is 0.385. The second kappa shape index (κ2) is 4.09. The number of ether oxygens (including phenoxy) is 2. The maximum Gasteiger partial charge on any atom is 0.317 e. The van der Waals surface area contributed by atoms with Crippen molar-refractivity contribution in [3.63, 3.8) is 0 Å². The predicted octanol–water partition coefficient (Wildman–Crippen LogP) is 1.10. The van der Waals surface area contributed by atoms with E-state index >= 15 is 0 Å². The van der Waals surface area contributed by atoms with Gasteiger partial charge in [-0.05, 0) is 25.2 Å². The third-order valence-corrected chi connectivity index (χ3v) is 3.83. The van der Waals surface area contributed by atoms with Crippen molar-refractivity contribution in [2.75, 3.05) is 7.11 Å². The fourth-order valence-corrected chi connectivity index (χ4v) is 3.10. The number of carbonyl (C=O) groups excluding carboxylic acids is 1. The number of thiocarbonyl (C=S) groups is 1. The Morgan fingerprint density at radius 3 is 2.95 bits per heavy atom. The Morgan fingerprint density at radius 2 is 2.21 bits per heavy atom. The van der Waals surface area contributed by atoms with Crippen molar-refractivity contribution in [3.05, 3.63) is 29.8 Å². The molecule has 1 aromatic carbocycles. The molecule has 0 spiro atoms. The highest BCUT2D eigenvalue weighted by Crippen LogP contribution is 2.44. The molecule has 1 saturated heterocycles. The molecule has 2 N–H and O–H groups in total. The molecular weight excluding hydrogens is 264 g/mol. The number of para-hydroxylation sites is 1. The molecule has 1 aromatic rings. The molecule has 3 atom stereocenters. The molecule has 1 fully saturated rings. The van der Waals surface area contributed by atoms with Gasteiger partial charge in [0.05, 0.1) is 13.2 Å². The van der Waals surface area contributed by atoms with Gasteiger partial charge in [-0.1, -0.05) is 18.2 Å². The molecule has 0 amide bonds. The number of methoxy groups -OCH3 is 1. The van der Waals surface area contributed by atoms with E-state index in [1.807, 2.05) is 31.2 Å². The van der Waals surface area contributed by atoms with E-state index in [1.54, 1.807) is 0 Å². The van der Waals surface area contributed by atoms with Crippen LogP contribution in [0.1, 0.15) is 18.5 Å². The molecule has 2 aliphatic rings. The molecule has 0 aliphatic carbocycles. The van der Waals surface area contributed by atoms with Crippen molar-refractivity contribution in [1.29, 1.82) is 0 Å². The van der Waals surface area contributed by atoms with Crippen LogP contribution in [0.15, 0.2) is 24.3 Å². The molecule has 19 heavy (non-hydrogen) atoms. The van der Waals surface area contributed by atoms with Crippen molar-refractivity contribution in [1.82, 2.24) is 10.6 Å². The lowest BCUT2D eigenvalue weighted by atomic mass is 9.80. The Kier molecular flexibility index (Phi) is 2.63. The number of carbonyl (C=O) groups is 1. The van der Waals surface area contributed by atoms with E-state index in [2.05, 4.69) is 10.6 Å². The summed E-state index contributed by atoms with van der Waals surface area (Å²) in [6.45, 7) is 1.81. The largest absolute Gasteiger partial charge is 0.469 e. The third kappa shape index (κ3) is 1.74. The number of benzene rings is 1. The highest BCUT2D eigenvalue weighted by molar-refractivity contribution is 7.80. The molecule has 0 saturated carbocycles. The van der Waals surface area contributed by atoms with Crippen LogP contribution in [0.25, 0.3) is 0 Å². The van der Waals surface area contributed by atoms with Gasteiger partial charge < -0.3 is 20.1 Å². The zero-order valence-electron chi connectivity index (χ0n) is 10.6. The minimum absolute atomic E-state index is 0.240. The normalized spacial score (nSPS) is 31.4. The second-order valence-corrected chi connectivity index (χ2v) is 5.23. The van der Waals surface area contributed by atoms with Gasteiger partial charge in [0.25, 0.3) is 0 Å². The Hall–Kier alpha value is -1.82. The molecule has 0 unspecified atom stereocenters. The summed E-state index contributed by atoms with van der Waals surface area (Å²) in [6.07, 6.45) is 0. The van der Waals surface area contributed by atoms with Crippen molar-refractivity contribution in [2.45, 2.75) is 18.7 Å². The van der Waals surface area contributed by atoms with Crippen LogP contribution in [-0.4, -0.2) is 23.9 Å². The van der Waals surface area contributed by atoms with Crippen LogP contribution >= 0.6 is 12.2 Å². The van der Waals surface area contributed by atoms with Crippen LogP contribution < -0.4 is 15.4 Å². The Balaban J connectivity index is 2.14. The van der Waals surface area contributed by atoms with E-state index in [9.17, 15) is 4.79 Å². The van der Waals surface area contributed by atoms with Gasteiger partial charge in [0.1, 0.15) is 11.7 Å². The third-order valence-electron chi connectivity index (χ3n) is 3.61. The number of hydrogen-bond acceptors (Lipinski definition) is 4. The van der Waals surface area contributed by atoms with Crippen LogP contribution in [0.3, 0.4) is 0 Å². The molecule has 100 valence electrons. The molecule has 2 heterocycles. The Labute approximate surface area is 116 Å². The number of esters is 1. The highest BCUT2D eigenvalue weighted by Gasteiger charge is 2.55. The first-order valence-electron chi connectivity index (χ1n) is 5.99. The van der Waals surface area contributed by atoms with Gasteiger partial charge in [0.2, 0.25) is 0 Å². The Morgan fingerprint density at radius 1 is 1.47 bits per heavy atom. The van der Waals surface area contributed by atoms with Crippen molar-refractivity contribution >= 4 is 23.3 Å². The number of nitrogens with one attached hydrogen (secondary N) is 2. The minimum atomic E-state index is -0.894. The monoisotopic (exact) mass is 278 g/mol. The standard InChI is InChI=1S/C13H14N2O3S/c1-13-9(11(16)17-2)10(14-12(19)15-13)7-5-3-4-6-8(7)18-13/h3-6,9-10H,1-2H3,(H2,14,15,19)/t9-,10-,13+/m1/s1. The molecular formula is C13H14N2O3S. The summed E-state index contributed by atoms with van der Waals surface area (Å²) in [5.74, 6) is -0.0822.